The van der Waals surface area contributed by atoms with Crippen LogP contribution < -0.4 is 4.90 Å². The third-order valence-corrected chi connectivity index (χ3v) is 5.48. The number of aromatic nitrogens is 1. The number of hydrogen-bond acceptors (Lipinski definition) is 4. The number of thiophene rings is 1. The van der Waals surface area contributed by atoms with Gasteiger partial charge in [0.2, 0.25) is 11.8 Å². The first-order valence-electron chi connectivity index (χ1n) is 8.95. The maximum atomic E-state index is 13.1. The number of fused-ring (bicyclic) bond motifs is 1. The highest BCUT2D eigenvalue weighted by Crippen LogP contribution is 2.29. The van der Waals surface area contributed by atoms with Crippen LogP contribution in [-0.4, -0.2) is 17.4 Å². The summed E-state index contributed by atoms with van der Waals surface area (Å²) in [7, 11) is 0. The van der Waals surface area contributed by atoms with Crippen molar-refractivity contribution in [3.8, 4) is 10.8 Å². The van der Waals surface area contributed by atoms with E-state index in [1.54, 1.807) is 11.3 Å². The number of hydrogen-bond donors (Lipinski definition) is 0. The van der Waals surface area contributed by atoms with Crippen LogP contribution in [0.4, 0.5) is 5.69 Å². The van der Waals surface area contributed by atoms with Gasteiger partial charge >= 0.3 is 0 Å². The molecule has 0 atom stereocenters. The average Bonchev–Trinajstić information content (AvgIpc) is 3.33. The Labute approximate surface area is 162 Å². The van der Waals surface area contributed by atoms with Crippen molar-refractivity contribution in [3.05, 3.63) is 71.4 Å². The molecule has 1 amide bonds. The second-order valence-electron chi connectivity index (χ2n) is 6.31. The summed E-state index contributed by atoms with van der Waals surface area (Å²) in [6.45, 7) is 4.45. The van der Waals surface area contributed by atoms with Crippen molar-refractivity contribution in [1.82, 2.24) is 4.98 Å². The Bertz CT molecular complexity index is 1080. The van der Waals surface area contributed by atoms with Gasteiger partial charge in [0.25, 0.3) is 0 Å². The van der Waals surface area contributed by atoms with Gasteiger partial charge in [-0.15, -0.1) is 11.3 Å². The summed E-state index contributed by atoms with van der Waals surface area (Å²) in [6.07, 6.45) is 0.220. The van der Waals surface area contributed by atoms with Crippen molar-refractivity contribution in [2.24, 2.45) is 0 Å². The van der Waals surface area contributed by atoms with Gasteiger partial charge in [-0.3, -0.25) is 4.79 Å². The van der Waals surface area contributed by atoms with E-state index in [2.05, 4.69) is 23.2 Å². The summed E-state index contributed by atoms with van der Waals surface area (Å²) in [6, 6.07) is 18.1. The van der Waals surface area contributed by atoms with E-state index in [4.69, 9.17) is 4.42 Å². The molecule has 0 saturated carbocycles. The van der Waals surface area contributed by atoms with Gasteiger partial charge in [0.15, 0.2) is 0 Å². The maximum Gasteiger partial charge on any atom is 0.236 e. The predicted octanol–water partition coefficient (Wildman–Crippen LogP) is 5.46. The van der Waals surface area contributed by atoms with Crippen LogP contribution in [0.5, 0.6) is 0 Å². The number of rotatable bonds is 5. The van der Waals surface area contributed by atoms with Crippen molar-refractivity contribution in [2.45, 2.75) is 20.3 Å². The lowest BCUT2D eigenvalue weighted by Crippen LogP contribution is -2.32. The number of oxazole rings is 1. The fraction of sp³-hybridized carbons (Fsp3) is 0.182. The van der Waals surface area contributed by atoms with Crippen LogP contribution in [0.25, 0.3) is 21.5 Å². The van der Waals surface area contributed by atoms with E-state index in [0.29, 0.717) is 23.9 Å². The molecule has 4 aromatic rings. The molecular formula is C22H20N2O2S. The average molecular weight is 376 g/mol. The van der Waals surface area contributed by atoms with Gasteiger partial charge in [-0.1, -0.05) is 42.5 Å². The van der Waals surface area contributed by atoms with Gasteiger partial charge in [0.1, 0.15) is 5.76 Å². The first kappa shape index (κ1) is 17.5. The van der Waals surface area contributed by atoms with E-state index in [1.807, 2.05) is 60.5 Å². The minimum absolute atomic E-state index is 0.0167. The number of amides is 1. The Hall–Kier alpha value is -2.92. The number of carbonyl (C=O) groups is 1. The molecule has 4 nitrogen and oxygen atoms in total. The van der Waals surface area contributed by atoms with Crippen LogP contribution in [0.3, 0.4) is 0 Å². The summed E-state index contributed by atoms with van der Waals surface area (Å²) in [4.78, 5) is 20.4. The molecule has 0 aliphatic heterocycles. The zero-order valence-electron chi connectivity index (χ0n) is 15.3. The quantitative estimate of drug-likeness (QED) is 0.465. The Kier molecular flexibility index (Phi) is 4.77. The van der Waals surface area contributed by atoms with Crippen molar-refractivity contribution in [3.63, 3.8) is 0 Å². The van der Waals surface area contributed by atoms with E-state index in [-0.39, 0.29) is 12.3 Å². The summed E-state index contributed by atoms with van der Waals surface area (Å²) in [5, 5.41) is 4.18. The lowest BCUT2D eigenvalue weighted by molar-refractivity contribution is -0.118. The van der Waals surface area contributed by atoms with Gasteiger partial charge in [-0.05, 0) is 36.7 Å². The largest absolute Gasteiger partial charge is 0.440 e. The highest BCUT2D eigenvalue weighted by Gasteiger charge is 2.21. The number of aryl methyl sites for hydroxylation is 1. The highest BCUT2D eigenvalue weighted by molar-refractivity contribution is 7.13. The first-order chi connectivity index (χ1) is 13.2. The van der Waals surface area contributed by atoms with E-state index < -0.39 is 0 Å². The third-order valence-electron chi connectivity index (χ3n) is 4.62. The smallest absolute Gasteiger partial charge is 0.236 e. The van der Waals surface area contributed by atoms with Gasteiger partial charge in [0, 0.05) is 11.9 Å². The normalized spacial score (nSPS) is 11.0. The standard InChI is InChI=1S/C22H20N2O2S/c1-3-24(19-11-6-9-16-8-4-5-10-17(16)19)21(25)14-18-15(2)26-22(23-18)20-12-7-13-27-20/h4-13H,3,14H2,1-2H3. The van der Waals surface area contributed by atoms with E-state index >= 15 is 0 Å². The Morgan fingerprint density at radius 3 is 2.70 bits per heavy atom. The minimum Gasteiger partial charge on any atom is -0.440 e. The SMILES string of the molecule is CCN(C(=O)Cc1nc(-c2cccs2)oc1C)c1cccc2ccccc12. The number of anilines is 1. The topological polar surface area (TPSA) is 46.3 Å². The molecular weight excluding hydrogens is 356 g/mol. The molecule has 0 aliphatic rings. The number of carbonyl (C=O) groups excluding carboxylic acids is 1. The monoisotopic (exact) mass is 376 g/mol. The van der Waals surface area contributed by atoms with Crippen molar-refractivity contribution < 1.29 is 9.21 Å². The second kappa shape index (κ2) is 7.37. The van der Waals surface area contributed by atoms with E-state index in [1.165, 1.54) is 0 Å². The molecule has 5 heteroatoms. The van der Waals surface area contributed by atoms with E-state index in [0.717, 1.165) is 21.3 Å². The lowest BCUT2D eigenvalue weighted by atomic mass is 10.1. The molecule has 0 N–H and O–H groups in total. The molecule has 0 aliphatic carbocycles. The lowest BCUT2D eigenvalue weighted by Gasteiger charge is -2.22. The molecule has 0 unspecified atom stereocenters. The fourth-order valence-corrected chi connectivity index (χ4v) is 3.91. The molecule has 0 radical (unpaired) electrons. The van der Waals surface area contributed by atoms with Gasteiger partial charge in [-0.2, -0.15) is 0 Å². The molecule has 0 spiro atoms. The summed E-state index contributed by atoms with van der Waals surface area (Å²) in [5.41, 5.74) is 1.63. The summed E-state index contributed by atoms with van der Waals surface area (Å²) in [5.74, 6) is 1.29. The molecule has 2 aromatic carbocycles. The van der Waals surface area contributed by atoms with Crippen molar-refractivity contribution in [1.29, 1.82) is 0 Å². The molecule has 4 rings (SSSR count). The molecule has 0 bridgehead atoms. The molecule has 0 saturated heterocycles. The third kappa shape index (κ3) is 3.38. The van der Waals surface area contributed by atoms with Crippen molar-refractivity contribution >= 4 is 33.7 Å². The number of likely N-dealkylation sites (N-methyl/N-ethyl adjacent to an activating group) is 1. The summed E-state index contributed by atoms with van der Waals surface area (Å²) >= 11 is 1.57. The van der Waals surface area contributed by atoms with Crippen LogP contribution >= 0.6 is 11.3 Å². The number of benzene rings is 2. The van der Waals surface area contributed by atoms with E-state index in [9.17, 15) is 4.79 Å². The maximum absolute atomic E-state index is 13.1. The van der Waals surface area contributed by atoms with Gasteiger partial charge < -0.3 is 9.32 Å². The van der Waals surface area contributed by atoms with Crippen LogP contribution in [-0.2, 0) is 11.2 Å². The second-order valence-corrected chi connectivity index (χ2v) is 7.26. The molecule has 27 heavy (non-hydrogen) atoms. The van der Waals surface area contributed by atoms with Gasteiger partial charge in [-0.25, -0.2) is 4.98 Å². The zero-order valence-corrected chi connectivity index (χ0v) is 16.1. The Balaban J connectivity index is 1.63. The molecule has 2 heterocycles. The first-order valence-corrected chi connectivity index (χ1v) is 9.83. The minimum atomic E-state index is 0.0167. The number of nitrogens with zero attached hydrogens (tertiary/aromatic N) is 2. The predicted molar refractivity (Wildman–Crippen MR) is 110 cm³/mol. The summed E-state index contributed by atoms with van der Waals surface area (Å²) < 4.78 is 5.78. The molecule has 2 aromatic heterocycles. The highest BCUT2D eigenvalue weighted by atomic mass is 32.1. The van der Waals surface area contributed by atoms with Crippen LogP contribution in [0.15, 0.2) is 64.4 Å². The van der Waals surface area contributed by atoms with Crippen LogP contribution in [0.1, 0.15) is 18.4 Å². The van der Waals surface area contributed by atoms with Crippen molar-refractivity contribution in [2.75, 3.05) is 11.4 Å². The van der Waals surface area contributed by atoms with Crippen LogP contribution in [0, 0.1) is 6.92 Å². The van der Waals surface area contributed by atoms with Gasteiger partial charge in [0.05, 0.1) is 22.7 Å². The molecule has 0 fully saturated rings. The zero-order chi connectivity index (χ0) is 18.8. The Morgan fingerprint density at radius 1 is 1.11 bits per heavy atom. The Morgan fingerprint density at radius 2 is 1.93 bits per heavy atom. The molecule has 136 valence electrons. The van der Waals surface area contributed by atoms with Crippen LogP contribution in [0.2, 0.25) is 0 Å². The fourth-order valence-electron chi connectivity index (χ4n) is 3.26.